The van der Waals surface area contributed by atoms with Crippen LogP contribution in [0, 0.1) is 0 Å². The van der Waals surface area contributed by atoms with Gasteiger partial charge in [-0.25, -0.2) is 14.6 Å². The topological polar surface area (TPSA) is 77.6 Å². The van der Waals surface area contributed by atoms with E-state index in [4.69, 9.17) is 0 Å². The van der Waals surface area contributed by atoms with Crippen LogP contribution in [0.5, 0.6) is 0 Å². The molecule has 1 N–H and O–H groups in total. The molecule has 2 aromatic heterocycles. The van der Waals surface area contributed by atoms with Gasteiger partial charge < -0.3 is 5.32 Å². The number of para-hydroxylation sites is 1. The second kappa shape index (κ2) is 8.74. The largest absolute Gasteiger partial charge is 0.347 e. The highest BCUT2D eigenvalue weighted by Crippen LogP contribution is 2.21. The van der Waals surface area contributed by atoms with Crippen molar-refractivity contribution in [3.05, 3.63) is 90.3 Å². The predicted molar refractivity (Wildman–Crippen MR) is 112 cm³/mol. The number of nitrogens with zero attached hydrogens (tertiary/aromatic N) is 5. The highest BCUT2D eigenvalue weighted by molar-refractivity contribution is 7.98. The lowest BCUT2D eigenvalue weighted by Crippen LogP contribution is -2.26. The third-order valence-corrected chi connectivity index (χ3v) is 5.17. The van der Waals surface area contributed by atoms with Crippen LogP contribution >= 0.6 is 11.8 Å². The Hall–Kier alpha value is -3.39. The maximum atomic E-state index is 13.0. The number of carbonyl (C=O) groups is 1. The molecule has 4 aromatic rings. The molecule has 29 heavy (non-hydrogen) atoms. The maximum Gasteiger partial charge on any atom is 0.270 e. The number of nitrogens with one attached hydrogen (secondary N) is 1. The Balaban J connectivity index is 1.54. The Morgan fingerprint density at radius 3 is 2.55 bits per heavy atom. The van der Waals surface area contributed by atoms with Gasteiger partial charge in [-0.2, -0.15) is 5.10 Å². The van der Waals surface area contributed by atoms with Crippen LogP contribution in [0.4, 0.5) is 0 Å². The van der Waals surface area contributed by atoms with Gasteiger partial charge in [0.25, 0.3) is 5.91 Å². The number of thioether (sulfide) groups is 1. The number of amides is 1. The minimum atomic E-state index is -0.169. The van der Waals surface area contributed by atoms with Gasteiger partial charge in [0, 0.05) is 12.2 Å². The van der Waals surface area contributed by atoms with Crippen LogP contribution in [-0.2, 0) is 13.1 Å². The molecule has 0 spiro atoms. The summed E-state index contributed by atoms with van der Waals surface area (Å²) in [6.45, 7) is 1.02. The molecule has 0 atom stereocenters. The van der Waals surface area contributed by atoms with Gasteiger partial charge in [-0.3, -0.25) is 9.36 Å². The van der Waals surface area contributed by atoms with E-state index in [0.717, 1.165) is 22.0 Å². The van der Waals surface area contributed by atoms with Gasteiger partial charge in [0.05, 0.1) is 12.7 Å². The van der Waals surface area contributed by atoms with Crippen LogP contribution in [0.15, 0.2) is 78.6 Å². The fourth-order valence-electron chi connectivity index (χ4n) is 3.10. The van der Waals surface area contributed by atoms with E-state index in [0.29, 0.717) is 18.8 Å². The third kappa shape index (κ3) is 4.22. The van der Waals surface area contributed by atoms with E-state index in [1.165, 1.54) is 18.1 Å². The van der Waals surface area contributed by atoms with E-state index in [2.05, 4.69) is 20.4 Å². The Morgan fingerprint density at radius 2 is 1.83 bits per heavy atom. The lowest BCUT2D eigenvalue weighted by atomic mass is 10.1. The van der Waals surface area contributed by atoms with Crippen molar-refractivity contribution in [1.29, 1.82) is 0 Å². The first kappa shape index (κ1) is 18.9. The van der Waals surface area contributed by atoms with Crippen molar-refractivity contribution in [2.75, 3.05) is 6.26 Å². The van der Waals surface area contributed by atoms with Crippen molar-refractivity contribution >= 4 is 17.7 Å². The first-order valence-corrected chi connectivity index (χ1v) is 10.3. The summed E-state index contributed by atoms with van der Waals surface area (Å²) in [4.78, 5) is 21.3. The van der Waals surface area contributed by atoms with Crippen LogP contribution in [0.1, 0.15) is 21.6 Å². The maximum absolute atomic E-state index is 13.0. The summed E-state index contributed by atoms with van der Waals surface area (Å²) in [5, 5.41) is 7.96. The summed E-state index contributed by atoms with van der Waals surface area (Å²) in [6, 6.07) is 17.8. The fourth-order valence-corrected chi connectivity index (χ4v) is 3.65. The fraction of sp³-hybridized carbons (Fsp3) is 0.143. The number of hydrogen-bond acceptors (Lipinski definition) is 5. The van der Waals surface area contributed by atoms with E-state index in [1.54, 1.807) is 17.2 Å². The zero-order valence-corrected chi connectivity index (χ0v) is 16.7. The van der Waals surface area contributed by atoms with Gasteiger partial charge in [0.1, 0.15) is 18.3 Å². The van der Waals surface area contributed by atoms with Crippen LogP contribution < -0.4 is 5.32 Å². The molecule has 0 radical (unpaired) electrons. The molecule has 0 unspecified atom stereocenters. The smallest absolute Gasteiger partial charge is 0.270 e. The predicted octanol–water partition coefficient (Wildman–Crippen LogP) is 3.16. The lowest BCUT2D eigenvalue weighted by molar-refractivity contribution is 0.0943. The third-order valence-electron chi connectivity index (χ3n) is 4.52. The molecule has 0 saturated heterocycles. The Labute approximate surface area is 172 Å². The first-order valence-electron chi connectivity index (χ1n) is 9.11. The Kier molecular flexibility index (Phi) is 5.71. The minimum Gasteiger partial charge on any atom is -0.347 e. The number of rotatable bonds is 7. The monoisotopic (exact) mass is 404 g/mol. The summed E-state index contributed by atoms with van der Waals surface area (Å²) in [5.41, 5.74) is 3.53. The molecule has 7 nitrogen and oxygen atoms in total. The zero-order chi connectivity index (χ0) is 20.1. The van der Waals surface area contributed by atoms with Gasteiger partial charge >= 0.3 is 0 Å². The van der Waals surface area contributed by atoms with E-state index in [-0.39, 0.29) is 5.91 Å². The van der Waals surface area contributed by atoms with Crippen molar-refractivity contribution in [3.8, 4) is 5.69 Å². The summed E-state index contributed by atoms with van der Waals surface area (Å²) < 4.78 is 3.64. The van der Waals surface area contributed by atoms with Crippen molar-refractivity contribution in [1.82, 2.24) is 29.6 Å². The van der Waals surface area contributed by atoms with Crippen molar-refractivity contribution in [2.45, 2.75) is 18.2 Å². The highest BCUT2D eigenvalue weighted by atomic mass is 32.2. The van der Waals surface area contributed by atoms with Gasteiger partial charge in [-0.05, 0) is 29.5 Å². The molecule has 0 aliphatic heterocycles. The van der Waals surface area contributed by atoms with Gasteiger partial charge in [0.2, 0.25) is 0 Å². The number of carbonyl (C=O) groups excluding carboxylic acids is 1. The second-order valence-electron chi connectivity index (χ2n) is 6.35. The van der Waals surface area contributed by atoms with Crippen LogP contribution in [-0.4, -0.2) is 36.5 Å². The first-order chi connectivity index (χ1) is 14.3. The van der Waals surface area contributed by atoms with Crippen molar-refractivity contribution in [3.63, 3.8) is 0 Å². The second-order valence-corrected chi connectivity index (χ2v) is 7.12. The SMILES string of the molecule is CSc1ncc(C(=O)NCc2ccccc2Cn2cncn2)n1-c1ccccc1. The number of benzene rings is 2. The van der Waals surface area contributed by atoms with E-state index >= 15 is 0 Å². The summed E-state index contributed by atoms with van der Waals surface area (Å²) in [6.07, 6.45) is 6.76. The quantitative estimate of drug-likeness (QED) is 0.479. The molecule has 0 bridgehead atoms. The van der Waals surface area contributed by atoms with Gasteiger partial charge in [0.15, 0.2) is 5.16 Å². The molecule has 2 heterocycles. The Bertz CT molecular complexity index is 1090. The molecule has 0 aliphatic carbocycles. The molecule has 1 amide bonds. The number of hydrogen-bond donors (Lipinski definition) is 1. The standard InChI is InChI=1S/C21H20N6OS/c1-29-21-24-12-19(27(21)18-9-3-2-4-10-18)20(28)23-11-16-7-5-6-8-17(16)13-26-15-22-14-25-26/h2-10,12,14-15H,11,13H2,1H3,(H,23,28). The molecule has 8 heteroatoms. The highest BCUT2D eigenvalue weighted by Gasteiger charge is 2.17. The molecule has 0 aliphatic rings. The molecule has 4 rings (SSSR count). The number of aromatic nitrogens is 5. The molecule has 0 fully saturated rings. The molecule has 2 aromatic carbocycles. The van der Waals surface area contributed by atoms with Crippen LogP contribution in [0.25, 0.3) is 5.69 Å². The number of imidazole rings is 1. The van der Waals surface area contributed by atoms with E-state index in [9.17, 15) is 4.79 Å². The van der Waals surface area contributed by atoms with Crippen LogP contribution in [0.3, 0.4) is 0 Å². The summed E-state index contributed by atoms with van der Waals surface area (Å²) >= 11 is 1.50. The van der Waals surface area contributed by atoms with Gasteiger partial charge in [-0.15, -0.1) is 0 Å². The van der Waals surface area contributed by atoms with Crippen molar-refractivity contribution in [2.24, 2.45) is 0 Å². The lowest BCUT2D eigenvalue weighted by Gasteiger charge is -2.13. The Morgan fingerprint density at radius 1 is 1.07 bits per heavy atom. The molecule has 146 valence electrons. The normalized spacial score (nSPS) is 10.8. The van der Waals surface area contributed by atoms with Crippen LogP contribution in [0.2, 0.25) is 0 Å². The average molecular weight is 404 g/mol. The molecular formula is C21H20N6OS. The average Bonchev–Trinajstić information content (AvgIpc) is 3.43. The van der Waals surface area contributed by atoms with Gasteiger partial charge in [-0.1, -0.05) is 54.2 Å². The molecular weight excluding hydrogens is 384 g/mol. The molecule has 0 saturated carbocycles. The van der Waals surface area contributed by atoms with E-state index in [1.807, 2.05) is 65.4 Å². The minimum absolute atomic E-state index is 0.169. The van der Waals surface area contributed by atoms with Crippen molar-refractivity contribution < 1.29 is 4.79 Å². The summed E-state index contributed by atoms with van der Waals surface area (Å²) in [7, 11) is 0. The summed E-state index contributed by atoms with van der Waals surface area (Å²) in [5.74, 6) is -0.169. The van der Waals surface area contributed by atoms with E-state index < -0.39 is 0 Å². The zero-order valence-electron chi connectivity index (χ0n) is 15.9.